The van der Waals surface area contributed by atoms with Crippen LogP contribution >= 0.6 is 0 Å². The maximum atomic E-state index is 2.68. The number of hydrogen-bond acceptors (Lipinski definition) is 0. The van der Waals surface area contributed by atoms with Crippen molar-refractivity contribution in [3.05, 3.63) is 196 Å². The number of nitrogens with zero attached hydrogens (tertiary/aromatic N) is 3. The molecule has 7 aromatic rings. The summed E-state index contributed by atoms with van der Waals surface area (Å²) in [7, 11) is 2.25. The zero-order chi connectivity index (χ0) is 34.3. The third-order valence-corrected chi connectivity index (χ3v) is 12.5. The van der Waals surface area contributed by atoms with Crippen LogP contribution in [0.5, 0.6) is 0 Å². The lowest BCUT2D eigenvalue weighted by Gasteiger charge is -2.37. The highest BCUT2D eigenvalue weighted by atomic mass is 15.0. The first-order chi connectivity index (χ1) is 25.6. The maximum absolute atomic E-state index is 2.68. The maximum Gasteiger partial charge on any atom is 0.213 e. The Morgan fingerprint density at radius 2 is 1.12 bits per heavy atom. The third-order valence-electron chi connectivity index (χ3n) is 12.5. The Morgan fingerprint density at radius 1 is 0.500 bits per heavy atom. The van der Waals surface area contributed by atoms with E-state index in [1.165, 1.54) is 83.8 Å². The summed E-state index contributed by atoms with van der Waals surface area (Å²) >= 11 is 0. The summed E-state index contributed by atoms with van der Waals surface area (Å²) < 4.78 is 7.63. The van der Waals surface area contributed by atoms with Crippen LogP contribution in [-0.2, 0) is 45.7 Å². The van der Waals surface area contributed by atoms with Gasteiger partial charge in [-0.25, -0.2) is 4.57 Å². The highest BCUT2D eigenvalue weighted by Gasteiger charge is 2.47. The Kier molecular flexibility index (Phi) is 6.74. The van der Waals surface area contributed by atoms with Crippen LogP contribution in [0.25, 0.3) is 33.8 Å². The summed E-state index contributed by atoms with van der Waals surface area (Å²) in [5.74, 6) is 0.416. The van der Waals surface area contributed by atoms with Gasteiger partial charge in [0, 0.05) is 57.5 Å². The van der Waals surface area contributed by atoms with Crippen LogP contribution in [0.2, 0.25) is 0 Å². The van der Waals surface area contributed by atoms with Gasteiger partial charge < -0.3 is 0 Å². The van der Waals surface area contributed by atoms with Gasteiger partial charge in [-0.1, -0.05) is 72.8 Å². The minimum atomic E-state index is 0.0894. The minimum absolute atomic E-state index is 0.0894. The van der Waals surface area contributed by atoms with E-state index < -0.39 is 0 Å². The Balaban J connectivity index is 1.33. The molecule has 250 valence electrons. The summed E-state index contributed by atoms with van der Waals surface area (Å²) in [6.45, 7) is 0.794. The van der Waals surface area contributed by atoms with E-state index in [2.05, 4.69) is 167 Å². The number of aromatic nitrogens is 3. The zero-order valence-electron chi connectivity index (χ0n) is 29.7. The molecule has 13 rings (SSSR count). The first-order valence-corrected chi connectivity index (χ1v) is 19.1. The molecule has 8 heterocycles. The number of pyridine rings is 3. The number of rotatable bonds is 0. The van der Waals surface area contributed by atoms with Gasteiger partial charge in [-0.05, 0) is 90.8 Å². The Morgan fingerprint density at radius 3 is 1.90 bits per heavy atom. The van der Waals surface area contributed by atoms with Crippen LogP contribution in [0.15, 0.2) is 146 Å². The monoisotopic (exact) mass is 672 g/mol. The van der Waals surface area contributed by atoms with Crippen LogP contribution in [0.1, 0.15) is 67.9 Å². The lowest BCUT2D eigenvalue weighted by molar-refractivity contribution is -0.709. The smallest absolute Gasteiger partial charge is 0.201 e. The molecule has 0 amide bonds. The van der Waals surface area contributed by atoms with Crippen molar-refractivity contribution in [2.75, 3.05) is 0 Å². The van der Waals surface area contributed by atoms with Crippen molar-refractivity contribution >= 4 is 0 Å². The molecule has 3 atom stereocenters. The fourth-order valence-corrected chi connectivity index (χ4v) is 10.2. The van der Waals surface area contributed by atoms with Crippen molar-refractivity contribution in [1.29, 1.82) is 0 Å². The van der Waals surface area contributed by atoms with Gasteiger partial charge >= 0.3 is 0 Å². The number of aryl methyl sites for hydroxylation is 5. The second-order valence-electron chi connectivity index (χ2n) is 15.6. The molecule has 13 bridgehead atoms. The van der Waals surface area contributed by atoms with Crippen molar-refractivity contribution in [3.8, 4) is 33.8 Å². The van der Waals surface area contributed by atoms with Crippen LogP contribution in [0.3, 0.4) is 0 Å². The van der Waals surface area contributed by atoms with Gasteiger partial charge in [-0.15, -0.1) is 0 Å². The van der Waals surface area contributed by atoms with Gasteiger partial charge in [0.1, 0.15) is 7.05 Å². The third kappa shape index (κ3) is 4.75. The lowest BCUT2D eigenvalue weighted by Crippen LogP contribution is -2.50. The lowest BCUT2D eigenvalue weighted by atomic mass is 9.68. The summed E-state index contributed by atoms with van der Waals surface area (Å²) in [6.07, 6.45) is 12.5. The van der Waals surface area contributed by atoms with E-state index in [1.54, 1.807) is 0 Å². The fourth-order valence-electron chi connectivity index (χ4n) is 10.2. The SMILES string of the molecule is C[n+]1cc2ccc1-c1ccccc1C[n+]1cc3ccc1-c1ccccc1C1C4c5ccccc5-c5ccc(c[n+]51)CCc1cc(cc(c1)CC24)CC3. The Bertz CT molecular complexity index is 2580. The van der Waals surface area contributed by atoms with Crippen LogP contribution < -0.4 is 13.7 Å². The first kappa shape index (κ1) is 30.0. The fraction of sp³-hybridized carbons (Fsp3) is 0.204. The average molecular weight is 673 g/mol. The van der Waals surface area contributed by atoms with E-state index in [0.717, 1.165) is 38.6 Å². The zero-order valence-corrected chi connectivity index (χ0v) is 29.7. The molecule has 1 aliphatic carbocycles. The van der Waals surface area contributed by atoms with Crippen LogP contribution in [-0.4, -0.2) is 0 Å². The molecule has 6 aliphatic rings. The predicted octanol–water partition coefficient (Wildman–Crippen LogP) is 8.36. The van der Waals surface area contributed by atoms with Crippen molar-refractivity contribution in [1.82, 2.24) is 0 Å². The highest BCUT2D eigenvalue weighted by Crippen LogP contribution is 2.51. The summed E-state index contributed by atoms with van der Waals surface area (Å²) in [5.41, 5.74) is 20.6. The molecule has 5 aliphatic heterocycles. The minimum Gasteiger partial charge on any atom is -0.201 e. The molecule has 52 heavy (non-hydrogen) atoms. The number of benzene rings is 4. The normalized spacial score (nSPS) is 19.0. The number of fused-ring (bicyclic) bond motifs is 8. The van der Waals surface area contributed by atoms with Crippen molar-refractivity contribution in [2.45, 2.75) is 56.5 Å². The topological polar surface area (TPSA) is 11.6 Å². The van der Waals surface area contributed by atoms with Gasteiger partial charge in [0.15, 0.2) is 31.2 Å². The largest absolute Gasteiger partial charge is 0.213 e. The van der Waals surface area contributed by atoms with Gasteiger partial charge in [-0.3, -0.25) is 0 Å². The molecule has 0 saturated heterocycles. The van der Waals surface area contributed by atoms with E-state index in [4.69, 9.17) is 0 Å². The number of hydrogen-bond donors (Lipinski definition) is 0. The molecular weight excluding hydrogens is 631 g/mol. The standard InChI is InChI=1S/C49H42N3/c1-50-30-38-20-23-45(50)39-9-3-2-8-37(39)31-51-28-32-14-16-34-24-35-17-15-33-19-22-47-40-10-4-6-12-42(40)48(44(38)27-36(25-34)26-35)49(52(47)29-33)43-13-7-5-11-41(43)46(51)21-18-32/h2-13,18-26,28-30,44,48-49H,14-17,27,31H2,1H3/q+3. The molecule has 3 nitrogen and oxygen atoms in total. The molecule has 0 saturated carbocycles. The van der Waals surface area contributed by atoms with Crippen molar-refractivity contribution < 1.29 is 13.7 Å². The second-order valence-corrected chi connectivity index (χ2v) is 15.6. The first-order valence-electron chi connectivity index (χ1n) is 19.1. The summed E-state index contributed by atoms with van der Waals surface area (Å²) in [4.78, 5) is 0. The molecule has 0 fully saturated rings. The van der Waals surface area contributed by atoms with Gasteiger partial charge in [0.2, 0.25) is 17.1 Å². The molecule has 3 aromatic heterocycles. The predicted molar refractivity (Wildman–Crippen MR) is 205 cm³/mol. The van der Waals surface area contributed by atoms with Crippen molar-refractivity contribution in [3.63, 3.8) is 0 Å². The van der Waals surface area contributed by atoms with Gasteiger partial charge in [-0.2, -0.15) is 9.13 Å². The molecule has 4 aromatic carbocycles. The molecule has 3 heteroatoms. The quantitative estimate of drug-likeness (QED) is 0.144. The van der Waals surface area contributed by atoms with Gasteiger partial charge in [0.05, 0.1) is 17.0 Å². The molecule has 3 unspecified atom stereocenters. The molecule has 0 radical (unpaired) electrons. The second kappa shape index (κ2) is 11.7. The van der Waals surface area contributed by atoms with Crippen molar-refractivity contribution in [2.24, 2.45) is 7.05 Å². The van der Waals surface area contributed by atoms with Crippen LogP contribution in [0, 0.1) is 0 Å². The Labute approximate surface area is 306 Å². The van der Waals surface area contributed by atoms with E-state index in [0.29, 0.717) is 0 Å². The van der Waals surface area contributed by atoms with E-state index in [1.807, 2.05) is 0 Å². The molecule has 0 spiro atoms. The Hall–Kier alpha value is -5.67. The van der Waals surface area contributed by atoms with E-state index in [9.17, 15) is 0 Å². The van der Waals surface area contributed by atoms with Gasteiger partial charge in [0.25, 0.3) is 0 Å². The van der Waals surface area contributed by atoms with Crippen LogP contribution in [0.4, 0.5) is 0 Å². The summed E-state index contributed by atoms with van der Waals surface area (Å²) in [5, 5.41) is 0. The van der Waals surface area contributed by atoms with E-state index >= 15 is 0 Å². The molecule has 0 N–H and O–H groups in total. The van der Waals surface area contributed by atoms with E-state index in [-0.39, 0.29) is 17.9 Å². The summed E-state index contributed by atoms with van der Waals surface area (Å²) in [6, 6.07) is 49.8. The highest BCUT2D eigenvalue weighted by molar-refractivity contribution is 5.68. The molecular formula is C49H42N3+3. The average Bonchev–Trinajstić information content (AvgIpc) is 3.18.